The summed E-state index contributed by atoms with van der Waals surface area (Å²) in [5.74, 6) is -2.11. The summed E-state index contributed by atoms with van der Waals surface area (Å²) in [5.41, 5.74) is -0.0418. The summed E-state index contributed by atoms with van der Waals surface area (Å²) in [5, 5.41) is -0.642. The SMILES string of the molecule is CC1C(=O)N(c2ccc(F)cc2F)CCN1S(=O)(=O)C(C)C. The third-order valence-corrected chi connectivity index (χ3v) is 6.07. The zero-order valence-electron chi connectivity index (χ0n) is 12.6. The normalized spacial score (nSPS) is 20.7. The second-order valence-electron chi connectivity index (χ2n) is 5.47. The van der Waals surface area contributed by atoms with Crippen molar-refractivity contribution in [1.29, 1.82) is 0 Å². The largest absolute Gasteiger partial charge is 0.307 e. The number of rotatable bonds is 3. The van der Waals surface area contributed by atoms with Gasteiger partial charge in [0.1, 0.15) is 17.7 Å². The van der Waals surface area contributed by atoms with Gasteiger partial charge in [-0.15, -0.1) is 0 Å². The molecule has 0 N–H and O–H groups in total. The van der Waals surface area contributed by atoms with E-state index in [-0.39, 0.29) is 18.8 Å². The Balaban J connectivity index is 2.30. The molecule has 0 aliphatic carbocycles. The van der Waals surface area contributed by atoms with Crippen molar-refractivity contribution in [2.45, 2.75) is 32.1 Å². The average molecular weight is 332 g/mol. The van der Waals surface area contributed by atoms with E-state index in [9.17, 15) is 22.0 Å². The van der Waals surface area contributed by atoms with Crippen LogP contribution in [0.15, 0.2) is 18.2 Å². The van der Waals surface area contributed by atoms with Gasteiger partial charge in [0, 0.05) is 19.2 Å². The lowest BCUT2D eigenvalue weighted by molar-refractivity contribution is -0.123. The summed E-state index contributed by atoms with van der Waals surface area (Å²) in [7, 11) is -3.57. The molecule has 1 aromatic carbocycles. The van der Waals surface area contributed by atoms with Crippen LogP contribution in [0.4, 0.5) is 14.5 Å². The van der Waals surface area contributed by atoms with E-state index >= 15 is 0 Å². The Morgan fingerprint density at radius 2 is 1.86 bits per heavy atom. The molecule has 5 nitrogen and oxygen atoms in total. The van der Waals surface area contributed by atoms with Crippen molar-refractivity contribution in [2.75, 3.05) is 18.0 Å². The molecule has 1 amide bonds. The predicted molar refractivity (Wildman–Crippen MR) is 78.9 cm³/mol. The molecular formula is C14H18F2N2O3S. The van der Waals surface area contributed by atoms with Crippen molar-refractivity contribution in [3.05, 3.63) is 29.8 Å². The summed E-state index contributed by atoms with van der Waals surface area (Å²) in [6.45, 7) is 4.65. The number of carbonyl (C=O) groups excluding carboxylic acids is 1. The lowest BCUT2D eigenvalue weighted by Crippen LogP contribution is -2.59. The van der Waals surface area contributed by atoms with E-state index in [1.807, 2.05) is 0 Å². The van der Waals surface area contributed by atoms with Crippen molar-refractivity contribution in [2.24, 2.45) is 0 Å². The Bertz CT molecular complexity index is 691. The monoisotopic (exact) mass is 332 g/mol. The maximum Gasteiger partial charge on any atom is 0.245 e. The highest BCUT2D eigenvalue weighted by Gasteiger charge is 2.40. The Kier molecular flexibility index (Phi) is 4.53. The van der Waals surface area contributed by atoms with Crippen molar-refractivity contribution >= 4 is 21.6 Å². The van der Waals surface area contributed by atoms with Crippen LogP contribution in [0.5, 0.6) is 0 Å². The van der Waals surface area contributed by atoms with Gasteiger partial charge in [0.15, 0.2) is 0 Å². The molecule has 0 aromatic heterocycles. The van der Waals surface area contributed by atoms with Crippen LogP contribution in [-0.2, 0) is 14.8 Å². The number of nitrogens with zero attached hydrogens (tertiary/aromatic N) is 2. The lowest BCUT2D eigenvalue weighted by Gasteiger charge is -2.39. The van der Waals surface area contributed by atoms with Gasteiger partial charge in [-0.25, -0.2) is 17.2 Å². The summed E-state index contributed by atoms with van der Waals surface area (Å²) >= 11 is 0. The summed E-state index contributed by atoms with van der Waals surface area (Å²) < 4.78 is 52.4. The number of halogens is 2. The van der Waals surface area contributed by atoms with Crippen molar-refractivity contribution in [3.63, 3.8) is 0 Å². The first-order chi connectivity index (χ1) is 10.2. The quantitative estimate of drug-likeness (QED) is 0.847. The van der Waals surface area contributed by atoms with E-state index in [1.54, 1.807) is 13.8 Å². The van der Waals surface area contributed by atoms with Crippen LogP contribution in [0.2, 0.25) is 0 Å². The number of amides is 1. The molecule has 1 unspecified atom stereocenters. The van der Waals surface area contributed by atoms with E-state index in [0.29, 0.717) is 6.07 Å². The minimum Gasteiger partial charge on any atom is -0.307 e. The molecule has 122 valence electrons. The van der Waals surface area contributed by atoms with E-state index in [1.165, 1.54) is 13.0 Å². The minimum atomic E-state index is -3.57. The highest BCUT2D eigenvalue weighted by atomic mass is 32.2. The van der Waals surface area contributed by atoms with Gasteiger partial charge in [-0.3, -0.25) is 4.79 Å². The topological polar surface area (TPSA) is 57.7 Å². The van der Waals surface area contributed by atoms with Gasteiger partial charge < -0.3 is 4.90 Å². The lowest BCUT2D eigenvalue weighted by atomic mass is 10.2. The molecule has 8 heteroatoms. The van der Waals surface area contributed by atoms with Gasteiger partial charge in [-0.05, 0) is 32.9 Å². The molecule has 1 saturated heterocycles. The molecule has 22 heavy (non-hydrogen) atoms. The Labute approximate surface area is 128 Å². The minimum absolute atomic E-state index is 0.0255. The first kappa shape index (κ1) is 16.8. The average Bonchev–Trinajstić information content (AvgIpc) is 2.42. The van der Waals surface area contributed by atoms with Crippen LogP contribution in [0.3, 0.4) is 0 Å². The molecule has 0 spiro atoms. The Morgan fingerprint density at radius 3 is 2.41 bits per heavy atom. The summed E-state index contributed by atoms with van der Waals surface area (Å²) in [6.07, 6.45) is 0. The standard InChI is InChI=1S/C14H18F2N2O3S/c1-9(2)22(20,21)18-7-6-17(14(19)10(18)3)13-5-4-11(15)8-12(13)16/h4-5,8-10H,6-7H2,1-3H3. The highest BCUT2D eigenvalue weighted by Crippen LogP contribution is 2.26. The molecule has 1 atom stereocenters. The highest BCUT2D eigenvalue weighted by molar-refractivity contribution is 7.89. The number of hydrogen-bond acceptors (Lipinski definition) is 3. The van der Waals surface area contributed by atoms with Gasteiger partial charge in [-0.2, -0.15) is 4.31 Å². The molecule has 0 bridgehead atoms. The first-order valence-corrected chi connectivity index (χ1v) is 8.43. The van der Waals surface area contributed by atoms with Gasteiger partial charge in [0.2, 0.25) is 15.9 Å². The maximum absolute atomic E-state index is 13.8. The molecule has 1 aliphatic rings. The number of benzene rings is 1. The second kappa shape index (κ2) is 5.92. The van der Waals surface area contributed by atoms with Crippen LogP contribution in [0.25, 0.3) is 0 Å². The van der Waals surface area contributed by atoms with Crippen LogP contribution in [0, 0.1) is 11.6 Å². The molecule has 1 heterocycles. The molecule has 0 saturated carbocycles. The molecule has 2 rings (SSSR count). The fourth-order valence-electron chi connectivity index (χ4n) is 2.41. The van der Waals surface area contributed by atoms with Crippen LogP contribution >= 0.6 is 0 Å². The smallest absolute Gasteiger partial charge is 0.245 e. The van der Waals surface area contributed by atoms with Gasteiger partial charge in [0.05, 0.1) is 10.9 Å². The Morgan fingerprint density at radius 1 is 1.23 bits per heavy atom. The zero-order valence-corrected chi connectivity index (χ0v) is 13.4. The zero-order chi connectivity index (χ0) is 16.7. The first-order valence-electron chi connectivity index (χ1n) is 6.93. The molecular weight excluding hydrogens is 314 g/mol. The molecule has 1 aliphatic heterocycles. The van der Waals surface area contributed by atoms with Crippen LogP contribution < -0.4 is 4.90 Å². The van der Waals surface area contributed by atoms with E-state index in [4.69, 9.17) is 0 Å². The second-order valence-corrected chi connectivity index (χ2v) is 7.91. The van der Waals surface area contributed by atoms with Crippen molar-refractivity contribution in [3.8, 4) is 0 Å². The maximum atomic E-state index is 13.8. The Hall–Kier alpha value is -1.54. The molecule has 1 aromatic rings. The number of piperazine rings is 1. The fourth-order valence-corrected chi connectivity index (χ4v) is 3.82. The van der Waals surface area contributed by atoms with E-state index in [2.05, 4.69) is 0 Å². The molecule has 0 radical (unpaired) electrons. The van der Waals surface area contributed by atoms with E-state index < -0.39 is 38.9 Å². The third-order valence-electron chi connectivity index (χ3n) is 3.72. The van der Waals surface area contributed by atoms with Crippen molar-refractivity contribution in [1.82, 2.24) is 4.31 Å². The predicted octanol–water partition coefficient (Wildman–Crippen LogP) is 1.74. The summed E-state index contributed by atoms with van der Waals surface area (Å²) in [4.78, 5) is 13.6. The van der Waals surface area contributed by atoms with Gasteiger partial charge >= 0.3 is 0 Å². The number of hydrogen-bond donors (Lipinski definition) is 0. The number of anilines is 1. The fraction of sp³-hybridized carbons (Fsp3) is 0.500. The van der Waals surface area contributed by atoms with Crippen LogP contribution in [0.1, 0.15) is 20.8 Å². The summed E-state index contributed by atoms with van der Waals surface area (Å²) in [6, 6.07) is 2.02. The molecule has 1 fully saturated rings. The van der Waals surface area contributed by atoms with Crippen molar-refractivity contribution < 1.29 is 22.0 Å². The van der Waals surface area contributed by atoms with Gasteiger partial charge in [-0.1, -0.05) is 0 Å². The van der Waals surface area contributed by atoms with Crippen LogP contribution in [-0.4, -0.2) is 43.0 Å². The van der Waals surface area contributed by atoms with Gasteiger partial charge in [0.25, 0.3) is 0 Å². The number of carbonyl (C=O) groups is 1. The number of sulfonamides is 1. The third kappa shape index (κ3) is 2.85. The van der Waals surface area contributed by atoms with E-state index in [0.717, 1.165) is 15.3 Å².